The van der Waals surface area contributed by atoms with E-state index in [1.165, 1.54) is 16.7 Å². The van der Waals surface area contributed by atoms with E-state index in [9.17, 15) is 4.79 Å². The number of benzene rings is 2. The third-order valence-electron chi connectivity index (χ3n) is 5.39. The van der Waals surface area contributed by atoms with E-state index in [0.717, 1.165) is 22.3 Å². The third kappa shape index (κ3) is 3.91. The van der Waals surface area contributed by atoms with Crippen molar-refractivity contribution in [2.45, 2.75) is 36.6 Å². The highest BCUT2D eigenvalue weighted by Gasteiger charge is 2.28. The molecule has 0 radical (unpaired) electrons. The van der Waals surface area contributed by atoms with Crippen molar-refractivity contribution in [2.75, 3.05) is 0 Å². The summed E-state index contributed by atoms with van der Waals surface area (Å²) in [6.45, 7) is 2.07. The molecule has 7 heteroatoms. The summed E-state index contributed by atoms with van der Waals surface area (Å²) in [4.78, 5) is 22.1. The lowest BCUT2D eigenvalue weighted by Gasteiger charge is -2.23. The molecule has 0 saturated heterocycles. The van der Waals surface area contributed by atoms with Crippen molar-refractivity contribution in [3.63, 3.8) is 0 Å². The van der Waals surface area contributed by atoms with Crippen LogP contribution < -0.4 is 0 Å². The van der Waals surface area contributed by atoms with Crippen LogP contribution in [0.2, 0.25) is 0 Å². The molecule has 2 aromatic carbocycles. The quantitative estimate of drug-likeness (QED) is 0.367. The number of hydrogen-bond donors (Lipinski definition) is 0. The van der Waals surface area contributed by atoms with Gasteiger partial charge in [-0.3, -0.25) is 4.79 Å². The fourth-order valence-corrected chi connectivity index (χ4v) is 4.77. The minimum atomic E-state index is 0.121. The van der Waals surface area contributed by atoms with E-state index in [1.807, 2.05) is 12.1 Å². The van der Waals surface area contributed by atoms with Crippen molar-refractivity contribution in [3.05, 3.63) is 87.1 Å². The molecule has 0 fully saturated rings. The first kappa shape index (κ1) is 19.5. The molecule has 0 bridgehead atoms. The first-order valence-corrected chi connectivity index (χ1v) is 11.6. The highest BCUT2D eigenvalue weighted by atomic mass is 79.9. The van der Waals surface area contributed by atoms with Gasteiger partial charge in [-0.05, 0) is 42.5 Å². The van der Waals surface area contributed by atoms with Crippen molar-refractivity contribution >= 4 is 39.3 Å². The van der Waals surface area contributed by atoms with Crippen molar-refractivity contribution in [3.8, 4) is 0 Å². The van der Waals surface area contributed by atoms with Crippen molar-refractivity contribution in [1.82, 2.24) is 19.6 Å². The molecule has 1 atom stereocenters. The standard InChI is InChI=1S/C23H19BrN4OS/c1-14-2-6-16(7-3-14)17-10-20-19(21(29)11-17)12-28-22(25-20)26-23(27-28)30-13-15-4-8-18(24)9-5-15/h2-9,12,17H,10-11,13H2,1H3. The van der Waals surface area contributed by atoms with Crippen LogP contribution in [0.1, 0.15) is 45.1 Å². The molecule has 2 aromatic heterocycles. The first-order valence-electron chi connectivity index (χ1n) is 9.78. The van der Waals surface area contributed by atoms with Gasteiger partial charge in [0, 0.05) is 22.8 Å². The minimum Gasteiger partial charge on any atom is -0.294 e. The molecule has 4 aromatic rings. The fourth-order valence-electron chi connectivity index (χ4n) is 3.73. The monoisotopic (exact) mass is 478 g/mol. The number of rotatable bonds is 4. The number of aryl methyl sites for hydroxylation is 1. The summed E-state index contributed by atoms with van der Waals surface area (Å²) in [6.07, 6.45) is 3.04. The lowest BCUT2D eigenvalue weighted by atomic mass is 9.82. The molecule has 1 aliphatic rings. The predicted molar refractivity (Wildman–Crippen MR) is 121 cm³/mol. The van der Waals surface area contributed by atoms with Crippen LogP contribution >= 0.6 is 27.7 Å². The fraction of sp³-hybridized carbons (Fsp3) is 0.217. The van der Waals surface area contributed by atoms with E-state index >= 15 is 0 Å². The Morgan fingerprint density at radius 1 is 1.07 bits per heavy atom. The van der Waals surface area contributed by atoms with E-state index in [1.54, 1.807) is 22.5 Å². The number of carbonyl (C=O) groups excluding carboxylic acids is 1. The summed E-state index contributed by atoms with van der Waals surface area (Å²) in [5.74, 6) is 1.60. The molecule has 0 spiro atoms. The Labute approximate surface area is 187 Å². The summed E-state index contributed by atoms with van der Waals surface area (Å²) >= 11 is 5.02. The largest absolute Gasteiger partial charge is 0.294 e. The van der Waals surface area contributed by atoms with Gasteiger partial charge >= 0.3 is 0 Å². The van der Waals surface area contributed by atoms with Crippen molar-refractivity contribution in [1.29, 1.82) is 0 Å². The summed E-state index contributed by atoms with van der Waals surface area (Å²) in [7, 11) is 0. The summed E-state index contributed by atoms with van der Waals surface area (Å²) < 4.78 is 2.69. The number of ketones is 1. The van der Waals surface area contributed by atoms with Gasteiger partial charge < -0.3 is 0 Å². The second-order valence-corrected chi connectivity index (χ2v) is 9.45. The molecular formula is C23H19BrN4OS. The minimum absolute atomic E-state index is 0.121. The Morgan fingerprint density at radius 2 is 1.83 bits per heavy atom. The Hall–Kier alpha value is -2.51. The second kappa shape index (κ2) is 7.96. The van der Waals surface area contributed by atoms with Crippen LogP contribution in [0.3, 0.4) is 0 Å². The molecule has 2 heterocycles. The van der Waals surface area contributed by atoms with E-state index in [2.05, 4.69) is 69.3 Å². The lowest BCUT2D eigenvalue weighted by molar-refractivity contribution is 0.0962. The maximum absolute atomic E-state index is 12.8. The topological polar surface area (TPSA) is 60.2 Å². The van der Waals surface area contributed by atoms with E-state index in [0.29, 0.717) is 22.9 Å². The number of nitrogens with zero attached hydrogens (tertiary/aromatic N) is 4. The third-order valence-corrected chi connectivity index (χ3v) is 6.83. The molecule has 1 aliphatic carbocycles. The number of hydrogen-bond acceptors (Lipinski definition) is 5. The van der Waals surface area contributed by atoms with Crippen LogP contribution in [0.15, 0.2) is 64.4 Å². The number of aromatic nitrogens is 4. The van der Waals surface area contributed by atoms with E-state index in [4.69, 9.17) is 4.98 Å². The van der Waals surface area contributed by atoms with Gasteiger partial charge in [0.25, 0.3) is 5.78 Å². The number of Topliss-reactive ketones (excluding diaryl/α,β-unsaturated/α-hetero) is 1. The summed E-state index contributed by atoms with van der Waals surface area (Å²) in [6, 6.07) is 16.6. The Bertz CT molecular complexity index is 1230. The average Bonchev–Trinajstić information content (AvgIpc) is 3.14. The molecule has 0 aliphatic heterocycles. The van der Waals surface area contributed by atoms with Crippen LogP contribution in [-0.2, 0) is 12.2 Å². The highest BCUT2D eigenvalue weighted by Crippen LogP contribution is 2.32. The number of thioether (sulfide) groups is 1. The maximum atomic E-state index is 12.8. The maximum Gasteiger partial charge on any atom is 0.253 e. The second-order valence-electron chi connectivity index (χ2n) is 7.59. The molecule has 150 valence electrons. The van der Waals surface area contributed by atoms with Crippen LogP contribution in [0, 0.1) is 6.92 Å². The van der Waals surface area contributed by atoms with Crippen LogP contribution in [-0.4, -0.2) is 25.4 Å². The Kier molecular flexibility index (Phi) is 5.16. The first-order chi connectivity index (χ1) is 14.5. The van der Waals surface area contributed by atoms with Gasteiger partial charge in [0.2, 0.25) is 5.16 Å². The molecule has 1 unspecified atom stereocenters. The molecule has 5 rings (SSSR count). The summed E-state index contributed by atoms with van der Waals surface area (Å²) in [5.41, 5.74) is 5.10. The molecule has 0 N–H and O–H groups in total. The Balaban J connectivity index is 1.39. The van der Waals surface area contributed by atoms with Gasteiger partial charge in [0.1, 0.15) is 0 Å². The molecule has 30 heavy (non-hydrogen) atoms. The lowest BCUT2D eigenvalue weighted by Crippen LogP contribution is -2.21. The predicted octanol–water partition coefficient (Wildman–Crippen LogP) is 5.40. The molecular weight excluding hydrogens is 460 g/mol. The zero-order valence-corrected chi connectivity index (χ0v) is 18.8. The van der Waals surface area contributed by atoms with Gasteiger partial charge in [-0.1, -0.05) is 69.7 Å². The molecule has 0 saturated carbocycles. The van der Waals surface area contributed by atoms with Gasteiger partial charge in [0.05, 0.1) is 11.3 Å². The highest BCUT2D eigenvalue weighted by molar-refractivity contribution is 9.10. The zero-order chi connectivity index (χ0) is 20.7. The number of carbonyl (C=O) groups is 1. The van der Waals surface area contributed by atoms with Gasteiger partial charge in [-0.2, -0.15) is 4.98 Å². The number of fused-ring (bicyclic) bond motifs is 2. The average molecular weight is 479 g/mol. The van der Waals surface area contributed by atoms with Crippen LogP contribution in [0.5, 0.6) is 0 Å². The smallest absolute Gasteiger partial charge is 0.253 e. The molecule has 0 amide bonds. The molecule has 5 nitrogen and oxygen atoms in total. The van der Waals surface area contributed by atoms with Gasteiger partial charge in [0.15, 0.2) is 5.78 Å². The zero-order valence-electron chi connectivity index (χ0n) is 16.4. The normalized spacial score (nSPS) is 16.1. The van der Waals surface area contributed by atoms with Gasteiger partial charge in [-0.25, -0.2) is 9.50 Å². The van der Waals surface area contributed by atoms with E-state index < -0.39 is 0 Å². The number of halogens is 1. The van der Waals surface area contributed by atoms with Crippen molar-refractivity contribution < 1.29 is 4.79 Å². The summed E-state index contributed by atoms with van der Waals surface area (Å²) in [5, 5.41) is 5.18. The van der Waals surface area contributed by atoms with E-state index in [-0.39, 0.29) is 11.7 Å². The Morgan fingerprint density at radius 3 is 2.60 bits per heavy atom. The van der Waals surface area contributed by atoms with Crippen molar-refractivity contribution in [2.24, 2.45) is 0 Å². The van der Waals surface area contributed by atoms with Crippen LogP contribution in [0.25, 0.3) is 5.78 Å². The van der Waals surface area contributed by atoms with Gasteiger partial charge in [-0.15, -0.1) is 5.10 Å². The SMILES string of the molecule is Cc1ccc(C2CC(=O)c3cn4nc(SCc5ccc(Br)cc5)nc4nc3C2)cc1. The van der Waals surface area contributed by atoms with Crippen LogP contribution in [0.4, 0.5) is 0 Å².